The smallest absolute Gasteiger partial charge is 0.261 e. The Labute approximate surface area is 181 Å². The van der Waals surface area contributed by atoms with Crippen LogP contribution in [-0.2, 0) is 6.54 Å². The van der Waals surface area contributed by atoms with Crippen LogP contribution in [0.5, 0.6) is 0 Å². The highest BCUT2D eigenvalue weighted by Gasteiger charge is 2.37. The lowest BCUT2D eigenvalue weighted by atomic mass is 10.0. The molecule has 1 fully saturated rings. The molecule has 2 aliphatic heterocycles. The van der Waals surface area contributed by atoms with Crippen LogP contribution in [0.2, 0.25) is 0 Å². The van der Waals surface area contributed by atoms with Gasteiger partial charge in [-0.2, -0.15) is 0 Å². The largest absolute Gasteiger partial charge is 0.334 e. The number of likely N-dealkylation sites (tertiary alicyclic amines) is 1. The second-order valence-electron chi connectivity index (χ2n) is 6.84. The summed E-state index contributed by atoms with van der Waals surface area (Å²) in [6.07, 6.45) is 5.06. The van der Waals surface area contributed by atoms with Crippen molar-refractivity contribution >= 4 is 42.5 Å². The van der Waals surface area contributed by atoms with E-state index in [9.17, 15) is 14.4 Å². The fourth-order valence-corrected chi connectivity index (χ4v) is 3.75. The Hall–Kier alpha value is -2.48. The van der Waals surface area contributed by atoms with E-state index < -0.39 is 0 Å². The maximum atomic E-state index is 12.8. The number of carbonyl (C=O) groups is 3. The highest BCUT2D eigenvalue weighted by atomic mass is 35.5. The van der Waals surface area contributed by atoms with Crippen molar-refractivity contribution in [3.8, 4) is 0 Å². The van der Waals surface area contributed by atoms with Crippen LogP contribution >= 0.6 is 24.8 Å². The number of benzene rings is 1. The molecule has 2 aliphatic rings. The average Bonchev–Trinajstić information content (AvgIpc) is 3.27. The molecule has 0 aliphatic carbocycles. The van der Waals surface area contributed by atoms with E-state index in [1.807, 2.05) is 0 Å². The van der Waals surface area contributed by atoms with Crippen molar-refractivity contribution < 1.29 is 14.4 Å². The first-order chi connectivity index (χ1) is 13.1. The summed E-state index contributed by atoms with van der Waals surface area (Å²) in [5.74, 6) is -0.858. The van der Waals surface area contributed by atoms with Crippen molar-refractivity contribution in [2.24, 2.45) is 5.73 Å². The predicted octanol–water partition coefficient (Wildman–Crippen LogP) is 2.28. The molecular weight excluding hydrogens is 415 g/mol. The fraction of sp³-hybridized carbons (Fsp3) is 0.300. The highest BCUT2D eigenvalue weighted by molar-refractivity contribution is 6.22. The van der Waals surface area contributed by atoms with Gasteiger partial charge in [0.05, 0.1) is 17.7 Å². The van der Waals surface area contributed by atoms with Crippen LogP contribution in [-0.4, -0.2) is 51.6 Å². The molecule has 1 atom stereocenters. The van der Waals surface area contributed by atoms with Crippen LogP contribution in [0.1, 0.15) is 49.5 Å². The molecule has 0 saturated carbocycles. The number of halogens is 2. The Bertz CT molecular complexity index is 923. The second kappa shape index (κ2) is 9.35. The van der Waals surface area contributed by atoms with Crippen molar-refractivity contribution in [2.45, 2.75) is 25.4 Å². The number of pyridine rings is 1. The van der Waals surface area contributed by atoms with E-state index in [0.29, 0.717) is 24.2 Å². The molecule has 4 rings (SSSR count). The summed E-state index contributed by atoms with van der Waals surface area (Å²) < 4.78 is 0. The average molecular weight is 437 g/mol. The monoisotopic (exact) mass is 436 g/mol. The van der Waals surface area contributed by atoms with Crippen LogP contribution in [0.25, 0.3) is 0 Å². The maximum Gasteiger partial charge on any atom is 0.261 e. The van der Waals surface area contributed by atoms with Crippen LogP contribution in [0, 0.1) is 0 Å². The lowest BCUT2D eigenvalue weighted by molar-refractivity contribution is 0.0641. The first kappa shape index (κ1) is 22.8. The molecule has 29 heavy (non-hydrogen) atoms. The molecule has 3 amide bonds. The Morgan fingerprint density at radius 2 is 1.76 bits per heavy atom. The van der Waals surface area contributed by atoms with Gasteiger partial charge in [0, 0.05) is 37.1 Å². The summed E-state index contributed by atoms with van der Waals surface area (Å²) in [6.45, 7) is 1.27. The minimum absolute atomic E-state index is 0. The van der Waals surface area contributed by atoms with E-state index in [2.05, 4.69) is 4.98 Å². The summed E-state index contributed by atoms with van der Waals surface area (Å²) in [4.78, 5) is 45.1. The summed E-state index contributed by atoms with van der Waals surface area (Å²) in [5.41, 5.74) is 7.61. The number of aromatic nitrogens is 1. The number of hydrogen-bond acceptors (Lipinski definition) is 5. The first-order valence-electron chi connectivity index (χ1n) is 9.00. The van der Waals surface area contributed by atoms with Crippen molar-refractivity contribution in [1.82, 2.24) is 14.8 Å². The van der Waals surface area contributed by atoms with Crippen molar-refractivity contribution in [1.29, 1.82) is 0 Å². The zero-order valence-corrected chi connectivity index (χ0v) is 17.2. The van der Waals surface area contributed by atoms with Gasteiger partial charge in [-0.05, 0) is 48.7 Å². The molecule has 0 bridgehead atoms. The first-order valence-corrected chi connectivity index (χ1v) is 9.00. The lowest BCUT2D eigenvalue weighted by Gasteiger charge is -2.23. The number of fused-ring (bicyclic) bond motifs is 1. The van der Waals surface area contributed by atoms with Gasteiger partial charge in [-0.1, -0.05) is 0 Å². The van der Waals surface area contributed by atoms with Crippen LogP contribution < -0.4 is 5.73 Å². The summed E-state index contributed by atoms with van der Waals surface area (Å²) in [5, 5.41) is 0. The van der Waals surface area contributed by atoms with E-state index in [0.717, 1.165) is 18.4 Å². The maximum absolute atomic E-state index is 12.8. The van der Waals surface area contributed by atoms with Crippen LogP contribution in [0.3, 0.4) is 0 Å². The van der Waals surface area contributed by atoms with E-state index >= 15 is 0 Å². The topological polar surface area (TPSA) is 96.6 Å². The third kappa shape index (κ3) is 4.12. The third-order valence-electron chi connectivity index (χ3n) is 5.22. The predicted molar refractivity (Wildman–Crippen MR) is 112 cm³/mol. The van der Waals surface area contributed by atoms with E-state index in [1.165, 1.54) is 11.0 Å². The SMILES string of the molecule is Cl.Cl.NCC1CCCN1C(=O)c1ccc2c(c1)C(=O)N(Cc1ccncc1)C2=O. The zero-order valence-electron chi connectivity index (χ0n) is 15.6. The van der Waals surface area contributed by atoms with Crippen molar-refractivity contribution in [3.05, 3.63) is 65.0 Å². The molecule has 2 aromatic rings. The Kier molecular flexibility index (Phi) is 7.35. The number of amides is 3. The van der Waals surface area contributed by atoms with Gasteiger partial charge >= 0.3 is 0 Å². The van der Waals surface area contributed by atoms with Crippen molar-refractivity contribution in [2.75, 3.05) is 13.1 Å². The standard InChI is InChI=1S/C20H20N4O3.2ClH/c21-11-15-2-1-9-23(15)18(25)14-3-4-16-17(10-14)20(27)24(19(16)26)12-13-5-7-22-8-6-13;;/h3-8,10,15H,1-2,9,11-12,21H2;2*1H. The normalized spacial score (nSPS) is 17.6. The van der Waals surface area contributed by atoms with Gasteiger partial charge in [-0.15, -0.1) is 24.8 Å². The minimum Gasteiger partial charge on any atom is -0.334 e. The number of hydrogen-bond donors (Lipinski definition) is 1. The molecule has 1 aromatic carbocycles. The summed E-state index contributed by atoms with van der Waals surface area (Å²) >= 11 is 0. The second-order valence-corrected chi connectivity index (χ2v) is 6.84. The molecule has 9 heteroatoms. The number of nitrogens with zero attached hydrogens (tertiary/aromatic N) is 3. The van der Waals surface area contributed by atoms with Gasteiger partial charge in [-0.3, -0.25) is 24.3 Å². The Balaban J connectivity index is 0.00000150. The van der Waals surface area contributed by atoms with Crippen molar-refractivity contribution in [3.63, 3.8) is 0 Å². The fourth-order valence-electron chi connectivity index (χ4n) is 3.75. The minimum atomic E-state index is -0.377. The molecule has 0 spiro atoms. The number of rotatable bonds is 4. The third-order valence-corrected chi connectivity index (χ3v) is 5.22. The van der Waals surface area contributed by atoms with E-state index in [-0.39, 0.29) is 60.7 Å². The Morgan fingerprint density at radius 1 is 1.07 bits per heavy atom. The molecule has 0 radical (unpaired) electrons. The van der Waals surface area contributed by atoms with Crippen LogP contribution in [0.15, 0.2) is 42.7 Å². The molecule has 2 N–H and O–H groups in total. The molecular formula is C20H22Cl2N4O3. The van der Waals surface area contributed by atoms with Gasteiger partial charge in [-0.25, -0.2) is 0 Å². The molecule has 1 aromatic heterocycles. The Morgan fingerprint density at radius 3 is 2.45 bits per heavy atom. The van der Waals surface area contributed by atoms with Gasteiger partial charge in [0.2, 0.25) is 0 Å². The van der Waals surface area contributed by atoms with Gasteiger partial charge in [0.1, 0.15) is 0 Å². The summed E-state index contributed by atoms with van der Waals surface area (Å²) in [7, 11) is 0. The van der Waals surface area contributed by atoms with Gasteiger partial charge < -0.3 is 10.6 Å². The summed E-state index contributed by atoms with van der Waals surface area (Å²) in [6, 6.07) is 8.29. The zero-order chi connectivity index (χ0) is 19.0. The molecule has 1 saturated heterocycles. The molecule has 7 nitrogen and oxygen atoms in total. The quantitative estimate of drug-likeness (QED) is 0.741. The molecule has 154 valence electrons. The number of carbonyl (C=O) groups excluding carboxylic acids is 3. The number of imide groups is 1. The lowest BCUT2D eigenvalue weighted by Crippen LogP contribution is -2.39. The molecule has 1 unspecified atom stereocenters. The molecule has 3 heterocycles. The van der Waals surface area contributed by atoms with Crippen LogP contribution in [0.4, 0.5) is 0 Å². The van der Waals surface area contributed by atoms with E-state index in [4.69, 9.17) is 5.73 Å². The van der Waals surface area contributed by atoms with E-state index in [1.54, 1.807) is 41.6 Å². The highest BCUT2D eigenvalue weighted by Crippen LogP contribution is 2.27. The van der Waals surface area contributed by atoms with Gasteiger partial charge in [0.25, 0.3) is 17.7 Å². The van der Waals surface area contributed by atoms with Gasteiger partial charge in [0.15, 0.2) is 0 Å². The number of nitrogens with two attached hydrogens (primary N) is 1.